The Hall–Kier alpha value is -1.40. The van der Waals surface area contributed by atoms with Gasteiger partial charge < -0.3 is 9.64 Å². The van der Waals surface area contributed by atoms with Crippen molar-refractivity contribution in [1.82, 2.24) is 9.80 Å². The molecule has 1 aromatic heterocycles. The van der Waals surface area contributed by atoms with E-state index >= 15 is 0 Å². The molecular weight excluding hydrogens is 312 g/mol. The third-order valence-corrected chi connectivity index (χ3v) is 5.46. The van der Waals surface area contributed by atoms with E-state index in [4.69, 9.17) is 4.74 Å². The first-order chi connectivity index (χ1) is 11.0. The zero-order valence-electron chi connectivity index (χ0n) is 14.3. The number of nitrogens with zero attached hydrogens (tertiary/aromatic N) is 2. The van der Waals surface area contributed by atoms with Crippen molar-refractivity contribution in [3.8, 4) is 0 Å². The molecule has 0 unspecified atom stereocenters. The van der Waals surface area contributed by atoms with E-state index in [1.807, 2.05) is 17.9 Å². The first-order valence-corrected chi connectivity index (χ1v) is 9.13. The van der Waals surface area contributed by atoms with Gasteiger partial charge in [0, 0.05) is 31.1 Å². The van der Waals surface area contributed by atoms with Crippen LogP contribution in [0.25, 0.3) is 0 Å². The minimum atomic E-state index is -0.186. The molecule has 1 aliphatic rings. The van der Waals surface area contributed by atoms with Crippen molar-refractivity contribution in [1.29, 1.82) is 0 Å². The number of thiophene rings is 1. The second-order valence-electron chi connectivity index (χ2n) is 5.80. The molecule has 1 aliphatic heterocycles. The average Bonchev–Trinajstić information content (AvgIpc) is 2.75. The molecule has 1 aromatic rings. The summed E-state index contributed by atoms with van der Waals surface area (Å²) in [5.41, 5.74) is 1.21. The van der Waals surface area contributed by atoms with E-state index in [0.717, 1.165) is 37.4 Å². The van der Waals surface area contributed by atoms with Gasteiger partial charge in [0.2, 0.25) is 0 Å². The minimum Gasteiger partial charge on any atom is -0.465 e. The maximum Gasteiger partial charge on any atom is 0.320 e. The van der Waals surface area contributed by atoms with Gasteiger partial charge in [-0.3, -0.25) is 14.5 Å². The number of ether oxygens (including phenoxy) is 1. The first-order valence-electron chi connectivity index (χ1n) is 8.31. The van der Waals surface area contributed by atoms with E-state index in [9.17, 15) is 9.59 Å². The van der Waals surface area contributed by atoms with E-state index in [-0.39, 0.29) is 11.9 Å². The Bertz CT molecular complexity index is 556. The van der Waals surface area contributed by atoms with Gasteiger partial charge in [0.05, 0.1) is 18.0 Å². The second-order valence-corrected chi connectivity index (χ2v) is 6.93. The minimum absolute atomic E-state index is 0.121. The largest absolute Gasteiger partial charge is 0.465 e. The summed E-state index contributed by atoms with van der Waals surface area (Å²) in [6.45, 7) is 9.67. The Morgan fingerprint density at radius 2 is 2.00 bits per heavy atom. The molecule has 23 heavy (non-hydrogen) atoms. The van der Waals surface area contributed by atoms with Crippen LogP contribution in [0.4, 0.5) is 0 Å². The van der Waals surface area contributed by atoms with Crippen LogP contribution in [0.1, 0.15) is 40.4 Å². The molecule has 2 rings (SSSR count). The average molecular weight is 338 g/mol. The van der Waals surface area contributed by atoms with Crippen LogP contribution in [0.2, 0.25) is 0 Å². The first kappa shape index (κ1) is 17.9. The SMILES string of the molecule is CCOC(=O)CN1CCCN(C(=O)c2cc(C)c(CC)s2)CC1. The number of amides is 1. The number of carbonyl (C=O) groups is 2. The Balaban J connectivity index is 1.94. The number of carbonyl (C=O) groups excluding carboxylic acids is 2. The highest BCUT2D eigenvalue weighted by Gasteiger charge is 2.23. The van der Waals surface area contributed by atoms with Crippen LogP contribution in [0, 0.1) is 6.92 Å². The molecule has 0 aliphatic carbocycles. The molecule has 1 fully saturated rings. The lowest BCUT2D eigenvalue weighted by atomic mass is 10.2. The number of rotatable bonds is 5. The van der Waals surface area contributed by atoms with E-state index in [1.165, 1.54) is 10.4 Å². The highest BCUT2D eigenvalue weighted by molar-refractivity contribution is 7.14. The lowest BCUT2D eigenvalue weighted by Gasteiger charge is -2.21. The van der Waals surface area contributed by atoms with Gasteiger partial charge in [-0.25, -0.2) is 0 Å². The quantitative estimate of drug-likeness (QED) is 0.773. The number of aryl methyl sites for hydroxylation is 2. The van der Waals surface area contributed by atoms with Gasteiger partial charge in [0.1, 0.15) is 0 Å². The zero-order valence-corrected chi connectivity index (χ0v) is 15.1. The fourth-order valence-electron chi connectivity index (χ4n) is 2.85. The van der Waals surface area contributed by atoms with Gasteiger partial charge in [0.15, 0.2) is 0 Å². The fourth-order valence-corrected chi connectivity index (χ4v) is 3.94. The smallest absolute Gasteiger partial charge is 0.320 e. The number of hydrogen-bond donors (Lipinski definition) is 0. The van der Waals surface area contributed by atoms with Crippen molar-refractivity contribution in [2.45, 2.75) is 33.6 Å². The summed E-state index contributed by atoms with van der Waals surface area (Å²) in [7, 11) is 0. The molecule has 0 atom stereocenters. The summed E-state index contributed by atoms with van der Waals surface area (Å²) in [4.78, 5) is 30.4. The molecule has 0 saturated carbocycles. The van der Waals surface area contributed by atoms with Crippen molar-refractivity contribution < 1.29 is 14.3 Å². The van der Waals surface area contributed by atoms with Crippen LogP contribution in [0.5, 0.6) is 0 Å². The number of esters is 1. The summed E-state index contributed by atoms with van der Waals surface area (Å²) in [5, 5.41) is 0. The van der Waals surface area contributed by atoms with Gasteiger partial charge in [-0.1, -0.05) is 6.92 Å². The van der Waals surface area contributed by atoms with Crippen molar-refractivity contribution >= 4 is 23.2 Å². The van der Waals surface area contributed by atoms with Crippen molar-refractivity contribution in [2.75, 3.05) is 39.3 Å². The van der Waals surface area contributed by atoms with Gasteiger partial charge in [-0.15, -0.1) is 11.3 Å². The van der Waals surface area contributed by atoms with Crippen LogP contribution < -0.4 is 0 Å². The Kier molecular flexibility index (Phi) is 6.59. The van der Waals surface area contributed by atoms with Crippen LogP contribution >= 0.6 is 11.3 Å². The van der Waals surface area contributed by atoms with Gasteiger partial charge in [0.25, 0.3) is 5.91 Å². The second kappa shape index (κ2) is 8.45. The van der Waals surface area contributed by atoms with E-state index in [2.05, 4.69) is 18.7 Å². The highest BCUT2D eigenvalue weighted by atomic mass is 32.1. The molecule has 0 spiro atoms. The molecule has 1 saturated heterocycles. The molecular formula is C17H26N2O3S. The van der Waals surface area contributed by atoms with Crippen molar-refractivity contribution in [3.63, 3.8) is 0 Å². The molecule has 1 amide bonds. The standard InChI is InChI=1S/C17H26N2O3S/c1-4-14-13(3)11-15(23-14)17(21)19-8-6-7-18(9-10-19)12-16(20)22-5-2/h11H,4-10,12H2,1-3H3. The number of hydrogen-bond acceptors (Lipinski definition) is 5. The van der Waals surface area contributed by atoms with Crippen LogP contribution in [-0.2, 0) is 16.0 Å². The Morgan fingerprint density at radius 3 is 2.65 bits per heavy atom. The third-order valence-electron chi connectivity index (χ3n) is 4.09. The Labute approximate surface area is 142 Å². The lowest BCUT2D eigenvalue weighted by Crippen LogP contribution is -2.36. The topological polar surface area (TPSA) is 49.9 Å². The van der Waals surface area contributed by atoms with Crippen molar-refractivity contribution in [3.05, 3.63) is 21.4 Å². The summed E-state index contributed by atoms with van der Waals surface area (Å²) < 4.78 is 5.00. The molecule has 0 radical (unpaired) electrons. The summed E-state index contributed by atoms with van der Waals surface area (Å²) in [6.07, 6.45) is 1.85. The van der Waals surface area contributed by atoms with Gasteiger partial charge in [-0.2, -0.15) is 0 Å². The van der Waals surface area contributed by atoms with E-state index < -0.39 is 0 Å². The summed E-state index contributed by atoms with van der Waals surface area (Å²) >= 11 is 1.61. The maximum atomic E-state index is 12.7. The van der Waals surface area contributed by atoms with E-state index in [1.54, 1.807) is 11.3 Å². The summed E-state index contributed by atoms with van der Waals surface area (Å²) in [5.74, 6) is -0.0652. The van der Waals surface area contributed by atoms with Gasteiger partial charge >= 0.3 is 5.97 Å². The van der Waals surface area contributed by atoms with Crippen LogP contribution in [0.3, 0.4) is 0 Å². The lowest BCUT2D eigenvalue weighted by molar-refractivity contribution is -0.144. The fraction of sp³-hybridized carbons (Fsp3) is 0.647. The molecule has 128 valence electrons. The normalized spacial score (nSPS) is 16.2. The summed E-state index contributed by atoms with van der Waals surface area (Å²) in [6, 6.07) is 2.01. The van der Waals surface area contributed by atoms with Crippen molar-refractivity contribution in [2.24, 2.45) is 0 Å². The van der Waals surface area contributed by atoms with Crippen LogP contribution in [0.15, 0.2) is 6.07 Å². The third kappa shape index (κ3) is 4.78. The molecule has 0 bridgehead atoms. The molecule has 0 N–H and O–H groups in total. The molecule has 6 heteroatoms. The molecule has 5 nitrogen and oxygen atoms in total. The predicted octanol–water partition coefficient (Wildman–Crippen LogP) is 2.33. The Morgan fingerprint density at radius 1 is 1.22 bits per heavy atom. The molecule has 2 heterocycles. The maximum absolute atomic E-state index is 12.7. The highest BCUT2D eigenvalue weighted by Crippen LogP contribution is 2.24. The monoisotopic (exact) mass is 338 g/mol. The van der Waals surface area contributed by atoms with E-state index in [0.29, 0.717) is 19.7 Å². The molecule has 0 aromatic carbocycles. The predicted molar refractivity (Wildman–Crippen MR) is 92.0 cm³/mol. The van der Waals surface area contributed by atoms with Gasteiger partial charge in [-0.05, 0) is 38.3 Å². The zero-order chi connectivity index (χ0) is 16.8. The van der Waals surface area contributed by atoms with Crippen LogP contribution in [-0.4, -0.2) is 61.0 Å².